The Hall–Kier alpha value is -1.38. The van der Waals surface area contributed by atoms with E-state index in [2.05, 4.69) is 21.7 Å². The van der Waals surface area contributed by atoms with Crippen molar-refractivity contribution in [3.63, 3.8) is 0 Å². The number of rotatable bonds is 7. The van der Waals surface area contributed by atoms with Crippen molar-refractivity contribution in [2.75, 3.05) is 17.9 Å². The summed E-state index contributed by atoms with van der Waals surface area (Å²) in [6.07, 6.45) is 0. The lowest BCUT2D eigenvalue weighted by Crippen LogP contribution is -2.29. The molecular weight excluding hydrogens is 274 g/mol. The molecule has 100 valence electrons. The second-order valence-corrected chi connectivity index (χ2v) is 5.41. The average Bonchev–Trinajstić information content (AvgIpc) is 2.26. The van der Waals surface area contributed by atoms with E-state index in [4.69, 9.17) is 10.5 Å². The third-order valence-corrected chi connectivity index (χ3v) is 3.09. The maximum atomic E-state index is 11.5. The molecule has 0 aliphatic carbocycles. The maximum Gasteiger partial charge on any atom is 0.299 e. The molecule has 0 radical (unpaired) electrons. The van der Waals surface area contributed by atoms with Gasteiger partial charge in [-0.05, 0) is 12.1 Å². The number of hydrogen-bond acceptors (Lipinski definition) is 4. The van der Waals surface area contributed by atoms with E-state index in [-0.39, 0.29) is 11.6 Å². The van der Waals surface area contributed by atoms with Crippen molar-refractivity contribution in [2.24, 2.45) is 5.73 Å². The molecule has 0 aliphatic heterocycles. The van der Waals surface area contributed by atoms with Crippen molar-refractivity contribution in [3.05, 3.63) is 24.3 Å². The van der Waals surface area contributed by atoms with E-state index in [0.29, 0.717) is 18.0 Å². The molecule has 8 heteroatoms. The van der Waals surface area contributed by atoms with E-state index >= 15 is 0 Å². The van der Waals surface area contributed by atoms with Crippen LogP contribution in [0.4, 0.5) is 5.69 Å². The second-order valence-electron chi connectivity index (χ2n) is 3.39. The minimum absolute atomic E-state index is 0.110. The summed E-state index contributed by atoms with van der Waals surface area (Å²) in [5.41, 5.74) is 5.70. The quantitative estimate of drug-likeness (QED) is 0.640. The van der Waals surface area contributed by atoms with Crippen LogP contribution in [0, 0.1) is 0 Å². The molecule has 0 heterocycles. The van der Waals surface area contributed by atoms with Gasteiger partial charge in [-0.1, -0.05) is 25.2 Å². The zero-order chi connectivity index (χ0) is 13.6. The number of ether oxygens (including phenoxy) is 1. The van der Waals surface area contributed by atoms with Crippen LogP contribution in [0.15, 0.2) is 24.3 Å². The van der Waals surface area contributed by atoms with Crippen molar-refractivity contribution in [1.82, 2.24) is 4.72 Å². The van der Waals surface area contributed by atoms with Gasteiger partial charge in [-0.2, -0.15) is 13.1 Å². The minimum Gasteiger partial charge on any atom is -0.486 e. The molecule has 0 amide bonds. The van der Waals surface area contributed by atoms with E-state index in [0.717, 1.165) is 0 Å². The number of hydrogen-bond donors (Lipinski definition) is 3. The SMILES string of the molecule is CCNS(=O)(=O)Nc1cccc(OCC(N)=S)c1. The monoisotopic (exact) mass is 289 g/mol. The van der Waals surface area contributed by atoms with Gasteiger partial charge in [0.05, 0.1) is 5.69 Å². The number of nitrogens with one attached hydrogen (secondary N) is 2. The maximum absolute atomic E-state index is 11.5. The van der Waals surface area contributed by atoms with Crippen LogP contribution < -0.4 is 19.9 Å². The summed E-state index contributed by atoms with van der Waals surface area (Å²) in [4.78, 5) is 0.230. The normalized spacial score (nSPS) is 10.9. The molecule has 0 atom stereocenters. The summed E-state index contributed by atoms with van der Waals surface area (Å²) in [5.74, 6) is 0.486. The molecule has 4 N–H and O–H groups in total. The average molecular weight is 289 g/mol. The first-order valence-corrected chi connectivity index (χ1v) is 7.10. The summed E-state index contributed by atoms with van der Waals surface area (Å²) in [5, 5.41) is 0. The standard InChI is InChI=1S/C10H15N3O3S2/c1-2-12-18(14,15)13-8-4-3-5-9(6-8)16-7-10(11)17/h3-6,12-13H,2,7H2,1H3,(H2,11,17). The van der Waals surface area contributed by atoms with Crippen LogP contribution in [0.2, 0.25) is 0 Å². The van der Waals surface area contributed by atoms with Crippen LogP contribution in [0.1, 0.15) is 6.92 Å². The largest absolute Gasteiger partial charge is 0.486 e. The lowest BCUT2D eigenvalue weighted by atomic mass is 10.3. The molecule has 0 unspecified atom stereocenters. The molecule has 0 saturated heterocycles. The Kier molecular flexibility index (Phi) is 5.32. The van der Waals surface area contributed by atoms with Crippen LogP contribution in [-0.4, -0.2) is 26.6 Å². The van der Waals surface area contributed by atoms with Crippen molar-refractivity contribution in [2.45, 2.75) is 6.92 Å². The van der Waals surface area contributed by atoms with E-state index in [1.807, 2.05) is 0 Å². The first-order chi connectivity index (χ1) is 8.43. The van der Waals surface area contributed by atoms with E-state index in [1.165, 1.54) is 0 Å². The zero-order valence-corrected chi connectivity index (χ0v) is 11.5. The highest BCUT2D eigenvalue weighted by molar-refractivity contribution is 7.90. The van der Waals surface area contributed by atoms with E-state index in [9.17, 15) is 8.42 Å². The van der Waals surface area contributed by atoms with Crippen molar-refractivity contribution < 1.29 is 13.2 Å². The molecule has 0 fully saturated rings. The Morgan fingerprint density at radius 2 is 2.22 bits per heavy atom. The Labute approximate surface area is 112 Å². The molecule has 0 aromatic heterocycles. The Balaban J connectivity index is 2.73. The Bertz CT molecular complexity index is 517. The zero-order valence-electron chi connectivity index (χ0n) is 9.84. The molecule has 18 heavy (non-hydrogen) atoms. The number of benzene rings is 1. The fourth-order valence-corrected chi connectivity index (χ4v) is 2.13. The first-order valence-electron chi connectivity index (χ1n) is 5.21. The van der Waals surface area contributed by atoms with Crippen molar-refractivity contribution >= 4 is 33.1 Å². The van der Waals surface area contributed by atoms with E-state index in [1.54, 1.807) is 31.2 Å². The molecule has 6 nitrogen and oxygen atoms in total. The summed E-state index contributed by atoms with van der Waals surface area (Å²) in [6.45, 7) is 2.12. The van der Waals surface area contributed by atoms with Crippen LogP contribution in [0.5, 0.6) is 5.75 Å². The van der Waals surface area contributed by atoms with Gasteiger partial charge in [0.25, 0.3) is 10.2 Å². The summed E-state index contributed by atoms with van der Waals surface area (Å²) in [6, 6.07) is 6.51. The summed E-state index contributed by atoms with van der Waals surface area (Å²) < 4.78 is 32.9. The molecular formula is C10H15N3O3S2. The first kappa shape index (κ1) is 14.7. The van der Waals surface area contributed by atoms with Gasteiger partial charge in [-0.25, -0.2) is 0 Å². The fourth-order valence-electron chi connectivity index (χ4n) is 1.19. The van der Waals surface area contributed by atoms with Gasteiger partial charge in [0.2, 0.25) is 0 Å². The lowest BCUT2D eigenvalue weighted by Gasteiger charge is -2.10. The Morgan fingerprint density at radius 1 is 1.50 bits per heavy atom. The van der Waals surface area contributed by atoms with E-state index < -0.39 is 10.2 Å². The Morgan fingerprint density at radius 3 is 2.83 bits per heavy atom. The predicted octanol–water partition coefficient (Wildman–Crippen LogP) is 0.618. The number of thiocarbonyl (C=S) groups is 1. The van der Waals surface area contributed by atoms with Crippen LogP contribution in [-0.2, 0) is 10.2 Å². The van der Waals surface area contributed by atoms with Crippen LogP contribution >= 0.6 is 12.2 Å². The highest BCUT2D eigenvalue weighted by Gasteiger charge is 2.08. The highest BCUT2D eigenvalue weighted by atomic mass is 32.2. The molecule has 1 aromatic carbocycles. The number of nitrogens with two attached hydrogens (primary N) is 1. The van der Waals surface area contributed by atoms with Gasteiger partial charge in [-0.3, -0.25) is 4.72 Å². The minimum atomic E-state index is -3.54. The van der Waals surface area contributed by atoms with Gasteiger partial charge in [-0.15, -0.1) is 0 Å². The van der Waals surface area contributed by atoms with Gasteiger partial charge < -0.3 is 10.5 Å². The molecule has 0 bridgehead atoms. The third kappa shape index (κ3) is 5.30. The molecule has 1 aromatic rings. The van der Waals surface area contributed by atoms with Crippen LogP contribution in [0.3, 0.4) is 0 Å². The highest BCUT2D eigenvalue weighted by Crippen LogP contribution is 2.17. The van der Waals surface area contributed by atoms with Gasteiger partial charge in [0, 0.05) is 12.6 Å². The second kappa shape index (κ2) is 6.53. The predicted molar refractivity (Wildman–Crippen MR) is 74.9 cm³/mol. The topological polar surface area (TPSA) is 93.5 Å². The smallest absolute Gasteiger partial charge is 0.299 e. The van der Waals surface area contributed by atoms with Crippen molar-refractivity contribution in [3.8, 4) is 5.75 Å². The van der Waals surface area contributed by atoms with Gasteiger partial charge >= 0.3 is 0 Å². The number of anilines is 1. The molecule has 0 saturated carbocycles. The molecule has 0 aliphatic rings. The third-order valence-electron chi connectivity index (χ3n) is 1.80. The lowest BCUT2D eigenvalue weighted by molar-refractivity contribution is 0.378. The summed E-state index contributed by atoms with van der Waals surface area (Å²) in [7, 11) is -3.54. The molecule has 0 spiro atoms. The summed E-state index contributed by atoms with van der Waals surface area (Å²) >= 11 is 4.68. The van der Waals surface area contributed by atoms with Gasteiger partial charge in [0.15, 0.2) is 0 Å². The van der Waals surface area contributed by atoms with Crippen LogP contribution in [0.25, 0.3) is 0 Å². The fraction of sp³-hybridized carbons (Fsp3) is 0.300. The van der Waals surface area contributed by atoms with Gasteiger partial charge in [0.1, 0.15) is 17.3 Å². The molecule has 1 rings (SSSR count). The van der Waals surface area contributed by atoms with Crippen molar-refractivity contribution in [1.29, 1.82) is 0 Å².